The van der Waals surface area contributed by atoms with Crippen molar-refractivity contribution in [3.8, 4) is 0 Å². The van der Waals surface area contributed by atoms with E-state index in [0.717, 1.165) is 11.4 Å². The van der Waals surface area contributed by atoms with Gasteiger partial charge in [0.1, 0.15) is 0 Å². The normalized spacial score (nSPS) is 30.5. The summed E-state index contributed by atoms with van der Waals surface area (Å²) in [7, 11) is 3.66. The van der Waals surface area contributed by atoms with Crippen LogP contribution in [0.15, 0.2) is 40.8 Å². The number of aliphatic hydroxyl groups excluding tert-OH is 2. The molecule has 1 aromatic heterocycles. The van der Waals surface area contributed by atoms with Crippen molar-refractivity contribution < 1.29 is 10.2 Å². The molecule has 2 heterocycles. The number of allylic oxidation sites excluding steroid dienone is 1. The smallest absolute Gasteiger partial charge is 0.270 e. The van der Waals surface area contributed by atoms with Gasteiger partial charge in [0.2, 0.25) is 0 Å². The molecule has 0 saturated heterocycles. The Morgan fingerprint density at radius 1 is 1.15 bits per heavy atom. The Morgan fingerprint density at radius 2 is 1.78 bits per heavy atom. The van der Waals surface area contributed by atoms with Crippen molar-refractivity contribution in [2.24, 2.45) is 13.0 Å². The number of aryl methyl sites for hydroxylation is 2. The Morgan fingerprint density at radius 3 is 2.33 bits per heavy atom. The molecule has 4 rings (SSSR count). The lowest BCUT2D eigenvalue weighted by atomic mass is 9.65. The molecule has 2 unspecified atom stereocenters. The van der Waals surface area contributed by atoms with Crippen LogP contribution in [-0.2, 0) is 12.5 Å². The second kappa shape index (κ2) is 5.84. The second-order valence-corrected chi connectivity index (χ2v) is 8.35. The molecule has 1 aromatic carbocycles. The first-order valence-corrected chi connectivity index (χ1v) is 9.33. The van der Waals surface area contributed by atoms with Gasteiger partial charge in [0.15, 0.2) is 0 Å². The molecular formula is C21H27N3O3. The van der Waals surface area contributed by atoms with E-state index in [9.17, 15) is 15.0 Å². The van der Waals surface area contributed by atoms with Crippen LogP contribution in [0.5, 0.6) is 0 Å². The van der Waals surface area contributed by atoms with Crippen LogP contribution in [0.1, 0.15) is 36.6 Å². The fraction of sp³-hybridized carbons (Fsp3) is 0.476. The Labute approximate surface area is 158 Å². The number of fused-ring (bicyclic) bond motifs is 1. The van der Waals surface area contributed by atoms with Crippen LogP contribution in [0.3, 0.4) is 0 Å². The number of likely N-dealkylation sites (N-methyl/N-ethyl adjacent to an activating group) is 1. The van der Waals surface area contributed by atoms with Crippen LogP contribution in [0.25, 0.3) is 0 Å². The third-order valence-electron chi connectivity index (χ3n) is 6.42. The molecule has 2 atom stereocenters. The molecule has 144 valence electrons. The SMILES string of the molecule is Cc1[nH]n(C)c(=O)c1C1C(O)C(C=C2N(C)c3ccccc3C2(C)C)C1O. The van der Waals surface area contributed by atoms with Gasteiger partial charge in [-0.2, -0.15) is 0 Å². The number of benzene rings is 1. The maximum Gasteiger partial charge on any atom is 0.270 e. The van der Waals surface area contributed by atoms with Gasteiger partial charge in [0.25, 0.3) is 5.56 Å². The summed E-state index contributed by atoms with van der Waals surface area (Å²) < 4.78 is 1.39. The van der Waals surface area contributed by atoms with E-state index in [1.807, 2.05) is 25.3 Å². The number of hydrogen-bond acceptors (Lipinski definition) is 4. The molecule has 1 fully saturated rings. The van der Waals surface area contributed by atoms with E-state index in [4.69, 9.17) is 0 Å². The number of aliphatic hydroxyl groups is 2. The first kappa shape index (κ1) is 18.1. The molecule has 0 amide bonds. The van der Waals surface area contributed by atoms with Gasteiger partial charge in [-0.1, -0.05) is 38.1 Å². The van der Waals surface area contributed by atoms with E-state index in [-0.39, 0.29) is 11.0 Å². The van der Waals surface area contributed by atoms with Crippen molar-refractivity contribution in [3.05, 3.63) is 63.2 Å². The lowest BCUT2D eigenvalue weighted by Gasteiger charge is -2.45. The molecule has 0 spiro atoms. The molecule has 1 saturated carbocycles. The van der Waals surface area contributed by atoms with Crippen LogP contribution in [-0.4, -0.2) is 39.2 Å². The zero-order valence-electron chi connectivity index (χ0n) is 16.4. The van der Waals surface area contributed by atoms with Crippen LogP contribution in [0.4, 0.5) is 5.69 Å². The van der Waals surface area contributed by atoms with Crippen LogP contribution >= 0.6 is 0 Å². The number of para-hydroxylation sites is 1. The van der Waals surface area contributed by atoms with E-state index >= 15 is 0 Å². The molecule has 1 aliphatic heterocycles. The highest BCUT2D eigenvalue weighted by Gasteiger charge is 2.52. The summed E-state index contributed by atoms with van der Waals surface area (Å²) in [6.07, 6.45) is 0.406. The average molecular weight is 369 g/mol. The molecule has 1 aliphatic carbocycles. The molecule has 0 radical (unpaired) electrons. The second-order valence-electron chi connectivity index (χ2n) is 8.35. The van der Waals surface area contributed by atoms with Gasteiger partial charge >= 0.3 is 0 Å². The number of anilines is 1. The summed E-state index contributed by atoms with van der Waals surface area (Å²) in [5.74, 6) is -0.964. The summed E-state index contributed by atoms with van der Waals surface area (Å²) in [6, 6.07) is 8.25. The number of hydrogen-bond donors (Lipinski definition) is 3. The molecule has 0 bridgehead atoms. The van der Waals surface area contributed by atoms with E-state index in [0.29, 0.717) is 11.3 Å². The first-order valence-electron chi connectivity index (χ1n) is 9.33. The summed E-state index contributed by atoms with van der Waals surface area (Å²) in [5, 5.41) is 24.5. The van der Waals surface area contributed by atoms with E-state index in [2.05, 4.69) is 36.0 Å². The topological polar surface area (TPSA) is 81.5 Å². The maximum absolute atomic E-state index is 12.4. The number of H-pyrrole nitrogens is 1. The van der Waals surface area contributed by atoms with Crippen molar-refractivity contribution in [3.63, 3.8) is 0 Å². The third kappa shape index (κ3) is 2.36. The minimum atomic E-state index is -0.789. The van der Waals surface area contributed by atoms with Gasteiger partial charge in [-0.25, -0.2) is 0 Å². The standard InChI is InChI=1S/C21H27N3O3/c1-11-16(20(27)24(5)22-11)17-18(25)12(19(17)26)10-15-21(2,3)13-8-6-7-9-14(13)23(15)4/h6-10,12,17-19,22,25-26H,1-5H3. The quantitative estimate of drug-likeness (QED) is 0.754. The monoisotopic (exact) mass is 369 g/mol. The molecule has 27 heavy (non-hydrogen) atoms. The molecule has 6 heteroatoms. The number of nitrogens with one attached hydrogen (secondary N) is 1. The van der Waals surface area contributed by atoms with E-state index < -0.39 is 24.0 Å². The highest BCUT2D eigenvalue weighted by atomic mass is 16.3. The minimum absolute atomic E-state index is 0.188. The lowest BCUT2D eigenvalue weighted by Crippen LogP contribution is -2.54. The summed E-state index contributed by atoms with van der Waals surface area (Å²) in [4.78, 5) is 14.5. The molecule has 2 aromatic rings. The number of aromatic amines is 1. The maximum atomic E-state index is 12.4. The third-order valence-corrected chi connectivity index (χ3v) is 6.42. The molecule has 6 nitrogen and oxygen atoms in total. The fourth-order valence-electron chi connectivity index (χ4n) is 4.86. The van der Waals surface area contributed by atoms with Crippen molar-refractivity contribution >= 4 is 5.69 Å². The highest BCUT2D eigenvalue weighted by molar-refractivity contribution is 5.69. The molecular weight excluding hydrogens is 342 g/mol. The van der Waals surface area contributed by atoms with Crippen molar-refractivity contribution in [1.82, 2.24) is 9.78 Å². The predicted molar refractivity (Wildman–Crippen MR) is 105 cm³/mol. The van der Waals surface area contributed by atoms with E-state index in [1.165, 1.54) is 10.2 Å². The van der Waals surface area contributed by atoms with Gasteiger partial charge in [0.05, 0.1) is 12.2 Å². The predicted octanol–water partition coefficient (Wildman–Crippen LogP) is 1.77. The largest absolute Gasteiger partial charge is 0.392 e. The number of rotatable bonds is 2. The number of nitrogens with zero attached hydrogens (tertiary/aromatic N) is 2. The Bertz CT molecular complexity index is 975. The van der Waals surface area contributed by atoms with Gasteiger partial charge in [-0.15, -0.1) is 0 Å². The van der Waals surface area contributed by atoms with Crippen molar-refractivity contribution in [2.75, 3.05) is 11.9 Å². The van der Waals surface area contributed by atoms with Gasteiger partial charge in [0, 0.05) is 54.0 Å². The van der Waals surface area contributed by atoms with Crippen LogP contribution in [0, 0.1) is 12.8 Å². The lowest BCUT2D eigenvalue weighted by molar-refractivity contribution is -0.0952. The number of aromatic nitrogens is 2. The van der Waals surface area contributed by atoms with Gasteiger partial charge in [-0.05, 0) is 18.6 Å². The van der Waals surface area contributed by atoms with Crippen LogP contribution < -0.4 is 10.5 Å². The Balaban J connectivity index is 1.68. The van der Waals surface area contributed by atoms with Gasteiger partial charge in [-0.3, -0.25) is 14.6 Å². The van der Waals surface area contributed by atoms with Crippen molar-refractivity contribution in [2.45, 2.75) is 44.3 Å². The van der Waals surface area contributed by atoms with Gasteiger partial charge < -0.3 is 15.1 Å². The highest BCUT2D eigenvalue weighted by Crippen LogP contribution is 2.50. The average Bonchev–Trinajstić information content (AvgIpc) is 2.98. The Kier molecular flexibility index (Phi) is 3.91. The fourth-order valence-corrected chi connectivity index (χ4v) is 4.86. The Hall–Kier alpha value is -2.31. The first-order chi connectivity index (χ1) is 12.7. The summed E-state index contributed by atoms with van der Waals surface area (Å²) >= 11 is 0. The zero-order valence-corrected chi connectivity index (χ0v) is 16.4. The summed E-state index contributed by atoms with van der Waals surface area (Å²) in [5.41, 5.74) is 4.21. The summed E-state index contributed by atoms with van der Waals surface area (Å²) in [6.45, 7) is 6.11. The zero-order chi connectivity index (χ0) is 19.7. The van der Waals surface area contributed by atoms with E-state index in [1.54, 1.807) is 14.0 Å². The molecule has 2 aliphatic rings. The van der Waals surface area contributed by atoms with Crippen molar-refractivity contribution in [1.29, 1.82) is 0 Å². The minimum Gasteiger partial charge on any atom is -0.392 e. The van der Waals surface area contributed by atoms with Crippen LogP contribution in [0.2, 0.25) is 0 Å². The molecule has 3 N–H and O–H groups in total.